The van der Waals surface area contributed by atoms with Crippen LogP contribution in [-0.4, -0.2) is 37.8 Å². The van der Waals surface area contributed by atoms with Crippen LogP contribution in [0, 0.1) is 13.8 Å². The van der Waals surface area contributed by atoms with Gasteiger partial charge in [0.25, 0.3) is 11.5 Å². The van der Waals surface area contributed by atoms with Crippen molar-refractivity contribution in [3.05, 3.63) is 67.6 Å². The molecule has 8 heteroatoms. The number of amides is 1. The summed E-state index contributed by atoms with van der Waals surface area (Å²) in [6.45, 7) is 4.50. The number of fused-ring (bicyclic) bond motifs is 2. The van der Waals surface area contributed by atoms with E-state index in [2.05, 4.69) is 4.98 Å². The smallest absolute Gasteiger partial charge is 0.335 e. The van der Waals surface area contributed by atoms with Gasteiger partial charge in [-0.15, -0.1) is 11.3 Å². The number of nitrogens with zero attached hydrogens (tertiary/aromatic N) is 3. The van der Waals surface area contributed by atoms with Gasteiger partial charge >= 0.3 is 5.97 Å². The van der Waals surface area contributed by atoms with E-state index >= 15 is 0 Å². The van der Waals surface area contributed by atoms with Crippen LogP contribution in [0.1, 0.15) is 42.4 Å². The number of hydrogen-bond acceptors (Lipinski definition) is 5. The van der Waals surface area contributed by atoms with Gasteiger partial charge in [0.2, 0.25) is 0 Å². The van der Waals surface area contributed by atoms with Crippen molar-refractivity contribution in [2.75, 3.05) is 6.54 Å². The zero-order valence-electron chi connectivity index (χ0n) is 14.9. The van der Waals surface area contributed by atoms with Gasteiger partial charge in [0, 0.05) is 29.9 Å². The molecule has 1 N–H and O–H groups in total. The van der Waals surface area contributed by atoms with Gasteiger partial charge in [-0.1, -0.05) is 6.07 Å². The fourth-order valence-electron chi connectivity index (χ4n) is 3.36. The minimum atomic E-state index is -1.00. The van der Waals surface area contributed by atoms with Gasteiger partial charge in [0.1, 0.15) is 5.56 Å². The molecular weight excluding hydrogens is 366 g/mol. The zero-order chi connectivity index (χ0) is 19.3. The van der Waals surface area contributed by atoms with Crippen LogP contribution in [0.5, 0.6) is 0 Å². The van der Waals surface area contributed by atoms with Gasteiger partial charge in [-0.2, -0.15) is 0 Å². The molecule has 27 heavy (non-hydrogen) atoms. The van der Waals surface area contributed by atoms with Crippen molar-refractivity contribution in [1.82, 2.24) is 14.3 Å². The molecule has 0 bridgehead atoms. The fraction of sp³-hybridized carbons (Fsp3) is 0.263. The highest BCUT2D eigenvalue weighted by Gasteiger charge is 2.26. The molecule has 0 atom stereocenters. The maximum Gasteiger partial charge on any atom is 0.335 e. The molecule has 2 aromatic heterocycles. The van der Waals surface area contributed by atoms with E-state index in [0.717, 1.165) is 21.7 Å². The maximum atomic E-state index is 13.0. The van der Waals surface area contributed by atoms with Crippen molar-refractivity contribution in [3.8, 4) is 0 Å². The molecule has 0 unspecified atom stereocenters. The van der Waals surface area contributed by atoms with Crippen LogP contribution in [-0.2, 0) is 13.0 Å². The second kappa shape index (κ2) is 6.31. The first-order chi connectivity index (χ1) is 12.9. The fourth-order valence-corrected chi connectivity index (χ4v) is 4.29. The van der Waals surface area contributed by atoms with Crippen LogP contribution in [0.15, 0.2) is 29.2 Å². The first kappa shape index (κ1) is 17.4. The summed E-state index contributed by atoms with van der Waals surface area (Å²) < 4.78 is 1.48. The standard InChI is InChI=1S/C19H17N3O4S/c1-10-11(2)27-19-20-8-15(17(24)22(10)19)16(23)21-6-5-12-3-4-13(18(25)26)7-14(12)9-21/h3-4,7-8H,5-6,9H2,1-2H3,(H,25,26). The normalized spacial score (nSPS) is 13.6. The summed E-state index contributed by atoms with van der Waals surface area (Å²) in [6.07, 6.45) is 1.97. The molecule has 0 saturated carbocycles. The van der Waals surface area contributed by atoms with Crippen LogP contribution >= 0.6 is 11.3 Å². The lowest BCUT2D eigenvalue weighted by molar-refractivity contribution is 0.0696. The van der Waals surface area contributed by atoms with E-state index in [4.69, 9.17) is 0 Å². The molecule has 4 rings (SSSR count). The molecule has 0 spiro atoms. The minimum Gasteiger partial charge on any atom is -0.478 e. The lowest BCUT2D eigenvalue weighted by Gasteiger charge is -2.29. The highest BCUT2D eigenvalue weighted by Crippen LogP contribution is 2.22. The second-order valence-electron chi connectivity index (χ2n) is 6.60. The molecule has 3 aromatic rings. The highest BCUT2D eigenvalue weighted by atomic mass is 32.1. The molecular formula is C19H17N3O4S. The van der Waals surface area contributed by atoms with Gasteiger partial charge in [-0.05, 0) is 43.5 Å². The lowest BCUT2D eigenvalue weighted by Crippen LogP contribution is -2.39. The zero-order valence-corrected chi connectivity index (χ0v) is 15.7. The van der Waals surface area contributed by atoms with Gasteiger partial charge in [0.05, 0.1) is 5.56 Å². The molecule has 0 radical (unpaired) electrons. The van der Waals surface area contributed by atoms with E-state index in [1.54, 1.807) is 23.1 Å². The predicted octanol–water partition coefficient (Wildman–Crippen LogP) is 2.27. The monoisotopic (exact) mass is 383 g/mol. The molecule has 1 aromatic carbocycles. The molecule has 0 saturated heterocycles. The third kappa shape index (κ3) is 2.82. The summed E-state index contributed by atoms with van der Waals surface area (Å²) in [5, 5.41) is 9.17. The lowest BCUT2D eigenvalue weighted by atomic mass is 9.97. The van der Waals surface area contributed by atoms with Gasteiger partial charge in [-0.25, -0.2) is 9.78 Å². The molecule has 138 valence electrons. The summed E-state index contributed by atoms with van der Waals surface area (Å²) >= 11 is 1.42. The Morgan fingerprint density at radius 2 is 2.00 bits per heavy atom. The van der Waals surface area contributed by atoms with E-state index < -0.39 is 5.97 Å². The number of thiazole rings is 1. The van der Waals surface area contributed by atoms with Crippen LogP contribution in [0.2, 0.25) is 0 Å². The van der Waals surface area contributed by atoms with Crippen molar-refractivity contribution < 1.29 is 14.7 Å². The SMILES string of the molecule is Cc1sc2ncc(C(=O)N3CCc4ccc(C(=O)O)cc4C3)c(=O)n2c1C. The number of aryl methyl sites for hydroxylation is 2. The first-order valence-electron chi connectivity index (χ1n) is 8.49. The number of aromatic carboxylic acids is 1. The van der Waals surface area contributed by atoms with Crippen LogP contribution < -0.4 is 5.56 Å². The third-order valence-corrected chi connectivity index (χ3v) is 6.07. The first-order valence-corrected chi connectivity index (χ1v) is 9.30. The van der Waals surface area contributed by atoms with Gasteiger partial charge in [-0.3, -0.25) is 14.0 Å². The van der Waals surface area contributed by atoms with E-state index in [1.165, 1.54) is 21.9 Å². The molecule has 0 aliphatic carbocycles. The molecule has 0 fully saturated rings. The molecule has 7 nitrogen and oxygen atoms in total. The summed E-state index contributed by atoms with van der Waals surface area (Å²) in [7, 11) is 0. The van der Waals surface area contributed by atoms with Gasteiger partial charge < -0.3 is 10.0 Å². The Labute approximate surface area is 158 Å². The highest BCUT2D eigenvalue weighted by molar-refractivity contribution is 7.17. The minimum absolute atomic E-state index is 0.0336. The molecule has 1 aliphatic rings. The van der Waals surface area contributed by atoms with E-state index in [-0.39, 0.29) is 29.1 Å². The largest absolute Gasteiger partial charge is 0.478 e. The number of carbonyl (C=O) groups is 2. The summed E-state index contributed by atoms with van der Waals surface area (Å²) in [6, 6.07) is 4.96. The quantitative estimate of drug-likeness (QED) is 0.733. The Morgan fingerprint density at radius 1 is 1.22 bits per heavy atom. The Hall–Kier alpha value is -3.00. The van der Waals surface area contributed by atoms with E-state index in [9.17, 15) is 19.5 Å². The van der Waals surface area contributed by atoms with Gasteiger partial charge in [0.15, 0.2) is 4.96 Å². The number of carbonyl (C=O) groups excluding carboxylic acids is 1. The molecule has 1 aliphatic heterocycles. The van der Waals surface area contributed by atoms with Crippen LogP contribution in [0.25, 0.3) is 4.96 Å². The number of hydrogen-bond donors (Lipinski definition) is 1. The van der Waals surface area contributed by atoms with Crippen molar-refractivity contribution in [2.45, 2.75) is 26.8 Å². The second-order valence-corrected chi connectivity index (χ2v) is 7.79. The maximum absolute atomic E-state index is 13.0. The Kier molecular flexibility index (Phi) is 4.07. The molecule has 1 amide bonds. The van der Waals surface area contributed by atoms with E-state index in [0.29, 0.717) is 17.9 Å². The Morgan fingerprint density at radius 3 is 2.74 bits per heavy atom. The Balaban J connectivity index is 1.70. The summed E-state index contributed by atoms with van der Waals surface area (Å²) in [5.41, 5.74) is 2.47. The topological polar surface area (TPSA) is 92.0 Å². The van der Waals surface area contributed by atoms with Crippen LogP contribution in [0.4, 0.5) is 0 Å². The number of rotatable bonds is 2. The number of carboxylic acids is 1. The third-order valence-electron chi connectivity index (χ3n) is 5.00. The average molecular weight is 383 g/mol. The Bertz CT molecular complexity index is 1160. The number of carboxylic acid groups (broad SMARTS) is 1. The average Bonchev–Trinajstić information content (AvgIpc) is 2.95. The van der Waals surface area contributed by atoms with E-state index in [1.807, 2.05) is 13.8 Å². The number of benzene rings is 1. The predicted molar refractivity (Wildman–Crippen MR) is 101 cm³/mol. The molecule has 3 heterocycles. The van der Waals surface area contributed by atoms with Crippen molar-refractivity contribution >= 4 is 28.2 Å². The summed E-state index contributed by atoms with van der Waals surface area (Å²) in [4.78, 5) is 44.4. The van der Waals surface area contributed by atoms with Crippen molar-refractivity contribution in [3.63, 3.8) is 0 Å². The number of aromatic nitrogens is 2. The van der Waals surface area contributed by atoms with Crippen molar-refractivity contribution in [1.29, 1.82) is 0 Å². The summed E-state index contributed by atoms with van der Waals surface area (Å²) in [5.74, 6) is -1.38. The van der Waals surface area contributed by atoms with Crippen molar-refractivity contribution in [2.24, 2.45) is 0 Å². The van der Waals surface area contributed by atoms with Crippen LogP contribution in [0.3, 0.4) is 0 Å².